The molecule has 0 fully saturated rings. The van der Waals surface area contributed by atoms with E-state index >= 15 is 0 Å². The maximum atomic E-state index is 11.8. The normalized spacial score (nSPS) is 11.8. The summed E-state index contributed by atoms with van der Waals surface area (Å²) in [5.41, 5.74) is -0.261. The van der Waals surface area contributed by atoms with Gasteiger partial charge in [-0.25, -0.2) is 12.7 Å². The molecule has 0 aromatic heterocycles. The van der Waals surface area contributed by atoms with Crippen LogP contribution in [0.2, 0.25) is 0 Å². The Kier molecular flexibility index (Phi) is 3.66. The van der Waals surface area contributed by atoms with E-state index in [-0.39, 0.29) is 10.6 Å². The quantitative estimate of drug-likeness (QED) is 0.627. The van der Waals surface area contributed by atoms with Gasteiger partial charge < -0.3 is 0 Å². The minimum atomic E-state index is -3.68. The number of non-ortho nitro benzene ring substituents is 1. The molecule has 0 aliphatic carbocycles. The largest absolute Gasteiger partial charge is 0.270 e. The number of benzene rings is 1. The maximum Gasteiger partial charge on any atom is 0.270 e. The van der Waals surface area contributed by atoms with Crippen LogP contribution in [0, 0.1) is 10.1 Å². The summed E-state index contributed by atoms with van der Waals surface area (Å²) < 4.78 is 24.9. The number of sulfonamides is 1. The van der Waals surface area contributed by atoms with Crippen molar-refractivity contribution in [3.05, 3.63) is 32.8 Å². The van der Waals surface area contributed by atoms with Crippen molar-refractivity contribution >= 4 is 31.6 Å². The number of rotatable bonds is 3. The summed E-state index contributed by atoms with van der Waals surface area (Å²) in [6, 6.07) is 3.60. The van der Waals surface area contributed by atoms with Gasteiger partial charge in [0, 0.05) is 30.7 Å². The number of hydrogen-bond donors (Lipinski definition) is 0. The van der Waals surface area contributed by atoms with E-state index in [0.717, 1.165) is 10.4 Å². The highest BCUT2D eigenvalue weighted by Crippen LogP contribution is 2.27. The molecule has 1 rings (SSSR count). The number of nitro benzene ring substituents is 1. The fourth-order valence-electron chi connectivity index (χ4n) is 1.000. The molecule has 0 spiro atoms. The monoisotopic (exact) mass is 308 g/mol. The zero-order chi connectivity index (χ0) is 12.5. The fourth-order valence-corrected chi connectivity index (χ4v) is 2.84. The topological polar surface area (TPSA) is 80.5 Å². The molecule has 0 heterocycles. The molecule has 0 aliphatic rings. The summed E-state index contributed by atoms with van der Waals surface area (Å²) in [7, 11) is -0.958. The average molecular weight is 309 g/mol. The van der Waals surface area contributed by atoms with Crippen LogP contribution in [-0.2, 0) is 10.0 Å². The zero-order valence-electron chi connectivity index (χ0n) is 8.55. The highest BCUT2D eigenvalue weighted by Gasteiger charge is 2.23. The van der Waals surface area contributed by atoms with Crippen molar-refractivity contribution in [2.75, 3.05) is 14.1 Å². The Hall–Kier alpha value is -0.990. The van der Waals surface area contributed by atoms with E-state index in [2.05, 4.69) is 15.9 Å². The highest BCUT2D eigenvalue weighted by molar-refractivity contribution is 9.10. The lowest BCUT2D eigenvalue weighted by Gasteiger charge is -2.12. The summed E-state index contributed by atoms with van der Waals surface area (Å²) in [6.07, 6.45) is 0. The smallest absolute Gasteiger partial charge is 0.258 e. The first-order valence-corrected chi connectivity index (χ1v) is 6.36. The molecule has 1 aromatic rings. The van der Waals surface area contributed by atoms with Gasteiger partial charge in [-0.05, 0) is 22.0 Å². The molecule has 8 heteroatoms. The lowest BCUT2D eigenvalue weighted by molar-refractivity contribution is -0.385. The van der Waals surface area contributed by atoms with E-state index < -0.39 is 14.9 Å². The van der Waals surface area contributed by atoms with Gasteiger partial charge in [0.1, 0.15) is 4.90 Å². The Bertz CT molecular complexity index is 527. The average Bonchev–Trinajstić information content (AvgIpc) is 2.17. The predicted molar refractivity (Wildman–Crippen MR) is 61.7 cm³/mol. The van der Waals surface area contributed by atoms with E-state index in [9.17, 15) is 18.5 Å². The zero-order valence-corrected chi connectivity index (χ0v) is 10.9. The third-order valence-corrected chi connectivity index (χ3v) is 4.69. The SMILES string of the molecule is CN(C)S(=O)(=O)c1cc([N+](=O)[O-])ccc1Br. The highest BCUT2D eigenvalue weighted by atomic mass is 79.9. The van der Waals surface area contributed by atoms with Crippen molar-refractivity contribution in [3.8, 4) is 0 Å². The van der Waals surface area contributed by atoms with Crippen LogP contribution in [0.25, 0.3) is 0 Å². The van der Waals surface area contributed by atoms with Gasteiger partial charge in [0.15, 0.2) is 0 Å². The summed E-state index contributed by atoms with van der Waals surface area (Å²) in [6.45, 7) is 0. The molecule has 0 saturated carbocycles. The van der Waals surface area contributed by atoms with Gasteiger partial charge >= 0.3 is 0 Å². The first-order chi connectivity index (χ1) is 7.26. The van der Waals surface area contributed by atoms with E-state index in [1.54, 1.807) is 0 Å². The summed E-state index contributed by atoms with van der Waals surface area (Å²) in [5.74, 6) is 0. The van der Waals surface area contributed by atoms with Gasteiger partial charge in [-0.15, -0.1) is 0 Å². The molecule has 1 aromatic carbocycles. The third kappa shape index (κ3) is 2.39. The van der Waals surface area contributed by atoms with Crippen LogP contribution >= 0.6 is 15.9 Å². The van der Waals surface area contributed by atoms with Crippen molar-refractivity contribution in [2.45, 2.75) is 4.90 Å². The summed E-state index contributed by atoms with van der Waals surface area (Å²) in [4.78, 5) is 9.79. The van der Waals surface area contributed by atoms with Crippen molar-refractivity contribution in [2.24, 2.45) is 0 Å². The summed E-state index contributed by atoms with van der Waals surface area (Å²) in [5, 5.41) is 10.5. The lowest BCUT2D eigenvalue weighted by atomic mass is 10.3. The third-order valence-electron chi connectivity index (χ3n) is 1.88. The molecule has 16 heavy (non-hydrogen) atoms. The van der Waals surface area contributed by atoms with E-state index in [0.29, 0.717) is 4.47 Å². The Labute approximate surface area is 101 Å². The molecular weight excluding hydrogens is 300 g/mol. The number of nitro groups is 1. The van der Waals surface area contributed by atoms with Crippen LogP contribution < -0.4 is 0 Å². The summed E-state index contributed by atoms with van der Waals surface area (Å²) >= 11 is 3.06. The van der Waals surface area contributed by atoms with Crippen molar-refractivity contribution in [1.29, 1.82) is 0 Å². The second-order valence-electron chi connectivity index (χ2n) is 3.16. The number of halogens is 1. The van der Waals surface area contributed by atoms with Crippen LogP contribution in [0.5, 0.6) is 0 Å². The molecule has 0 saturated heterocycles. The Morgan fingerprint density at radius 1 is 1.38 bits per heavy atom. The molecule has 0 radical (unpaired) electrons. The van der Waals surface area contributed by atoms with Crippen LogP contribution in [0.3, 0.4) is 0 Å². The second-order valence-corrected chi connectivity index (χ2v) is 6.13. The molecule has 0 bridgehead atoms. The lowest BCUT2D eigenvalue weighted by Crippen LogP contribution is -2.22. The number of hydrogen-bond acceptors (Lipinski definition) is 4. The molecule has 0 aliphatic heterocycles. The molecule has 6 nitrogen and oxygen atoms in total. The predicted octanol–water partition coefficient (Wildman–Crippen LogP) is 1.61. The molecule has 0 amide bonds. The van der Waals surface area contributed by atoms with Gasteiger partial charge in [-0.3, -0.25) is 10.1 Å². The maximum absolute atomic E-state index is 11.8. The molecule has 0 N–H and O–H groups in total. The molecule has 88 valence electrons. The van der Waals surface area contributed by atoms with Gasteiger partial charge in [-0.1, -0.05) is 0 Å². The van der Waals surface area contributed by atoms with Gasteiger partial charge in [-0.2, -0.15) is 0 Å². The second kappa shape index (κ2) is 4.48. The van der Waals surface area contributed by atoms with Crippen LogP contribution in [0.1, 0.15) is 0 Å². The standard InChI is InChI=1S/C8H9BrN2O4S/c1-10(2)16(14,15)8-5-6(11(12)13)3-4-7(8)9/h3-5H,1-2H3. The van der Waals surface area contributed by atoms with E-state index in [1.807, 2.05) is 0 Å². The van der Waals surface area contributed by atoms with Crippen LogP contribution in [-0.4, -0.2) is 31.7 Å². The molecule has 0 atom stereocenters. The minimum Gasteiger partial charge on any atom is -0.258 e. The van der Waals surface area contributed by atoms with Crippen molar-refractivity contribution in [3.63, 3.8) is 0 Å². The number of nitrogens with zero attached hydrogens (tertiary/aromatic N) is 2. The molecule has 0 unspecified atom stereocenters. The van der Waals surface area contributed by atoms with Crippen LogP contribution in [0.4, 0.5) is 5.69 Å². The first kappa shape index (κ1) is 13.1. The fraction of sp³-hybridized carbons (Fsp3) is 0.250. The Morgan fingerprint density at radius 2 is 1.94 bits per heavy atom. The van der Waals surface area contributed by atoms with Crippen LogP contribution in [0.15, 0.2) is 27.6 Å². The van der Waals surface area contributed by atoms with Gasteiger partial charge in [0.2, 0.25) is 10.0 Å². The van der Waals surface area contributed by atoms with Crippen molar-refractivity contribution in [1.82, 2.24) is 4.31 Å². The molecular formula is C8H9BrN2O4S. The van der Waals surface area contributed by atoms with E-state index in [1.165, 1.54) is 26.2 Å². The minimum absolute atomic E-state index is 0.119. The Balaban J connectivity index is 3.45. The van der Waals surface area contributed by atoms with E-state index in [4.69, 9.17) is 0 Å². The van der Waals surface area contributed by atoms with Gasteiger partial charge in [0.05, 0.1) is 4.92 Å². The first-order valence-electron chi connectivity index (χ1n) is 4.13. The van der Waals surface area contributed by atoms with Gasteiger partial charge in [0.25, 0.3) is 5.69 Å². The Morgan fingerprint density at radius 3 is 2.38 bits per heavy atom. The van der Waals surface area contributed by atoms with Crippen molar-refractivity contribution < 1.29 is 13.3 Å².